The standard InChI is InChI=1S/C11H13F4NO/c1-7(8-4-2-3-5-9(8)12)16-6-10(17)11(13,14)15/h2-5,7,10,16-17H,6H2,1H3/t7-,10?/m1/s1. The van der Waals surface area contributed by atoms with Crippen LogP contribution in [0.3, 0.4) is 0 Å². The van der Waals surface area contributed by atoms with E-state index in [2.05, 4.69) is 5.32 Å². The average Bonchev–Trinajstić information content (AvgIpc) is 2.24. The molecular weight excluding hydrogens is 238 g/mol. The van der Waals surface area contributed by atoms with Gasteiger partial charge in [0.05, 0.1) is 0 Å². The molecule has 0 amide bonds. The first-order valence-electron chi connectivity index (χ1n) is 5.05. The van der Waals surface area contributed by atoms with Crippen LogP contribution in [0.1, 0.15) is 18.5 Å². The van der Waals surface area contributed by atoms with Crippen molar-refractivity contribution in [3.8, 4) is 0 Å². The SMILES string of the molecule is C[C@@H](NCC(O)C(F)(F)F)c1ccccc1F. The van der Waals surface area contributed by atoms with Crippen molar-refractivity contribution in [3.05, 3.63) is 35.6 Å². The van der Waals surface area contributed by atoms with E-state index in [9.17, 15) is 17.6 Å². The van der Waals surface area contributed by atoms with Gasteiger partial charge < -0.3 is 10.4 Å². The van der Waals surface area contributed by atoms with E-state index in [0.29, 0.717) is 0 Å². The van der Waals surface area contributed by atoms with Gasteiger partial charge in [0.2, 0.25) is 0 Å². The highest BCUT2D eigenvalue weighted by Crippen LogP contribution is 2.21. The van der Waals surface area contributed by atoms with Crippen molar-refractivity contribution >= 4 is 0 Å². The lowest BCUT2D eigenvalue weighted by atomic mass is 10.1. The predicted molar refractivity (Wildman–Crippen MR) is 54.9 cm³/mol. The number of hydrogen-bond acceptors (Lipinski definition) is 2. The summed E-state index contributed by atoms with van der Waals surface area (Å²) in [6, 6.07) is 5.20. The summed E-state index contributed by atoms with van der Waals surface area (Å²) in [4.78, 5) is 0. The number of aliphatic hydroxyl groups is 1. The fourth-order valence-electron chi connectivity index (χ4n) is 1.34. The molecule has 2 N–H and O–H groups in total. The second-order valence-corrected chi connectivity index (χ2v) is 3.71. The van der Waals surface area contributed by atoms with E-state index in [-0.39, 0.29) is 5.56 Å². The molecule has 2 nitrogen and oxygen atoms in total. The van der Waals surface area contributed by atoms with E-state index in [0.717, 1.165) is 0 Å². The number of alkyl halides is 3. The first-order chi connectivity index (χ1) is 7.82. The van der Waals surface area contributed by atoms with Crippen LogP contribution in [0.15, 0.2) is 24.3 Å². The first kappa shape index (κ1) is 13.9. The summed E-state index contributed by atoms with van der Waals surface area (Å²) in [5.41, 5.74) is 0.266. The molecule has 0 aliphatic carbocycles. The van der Waals surface area contributed by atoms with Gasteiger partial charge in [-0.3, -0.25) is 0 Å². The largest absolute Gasteiger partial charge is 0.415 e. The number of rotatable bonds is 4. The Balaban J connectivity index is 2.57. The summed E-state index contributed by atoms with van der Waals surface area (Å²) in [6.45, 7) is 0.862. The van der Waals surface area contributed by atoms with Gasteiger partial charge in [-0.25, -0.2) is 4.39 Å². The molecule has 0 saturated heterocycles. The number of halogens is 4. The van der Waals surface area contributed by atoms with E-state index in [1.54, 1.807) is 6.07 Å². The van der Waals surface area contributed by atoms with Gasteiger partial charge in [-0.2, -0.15) is 13.2 Å². The Kier molecular flexibility index (Phi) is 4.47. The van der Waals surface area contributed by atoms with Gasteiger partial charge in [0, 0.05) is 18.2 Å². The van der Waals surface area contributed by atoms with Crippen molar-refractivity contribution in [1.29, 1.82) is 0 Å². The molecule has 1 aromatic carbocycles. The molecule has 0 heterocycles. The highest BCUT2D eigenvalue weighted by atomic mass is 19.4. The molecule has 96 valence electrons. The van der Waals surface area contributed by atoms with Crippen LogP contribution in [0.5, 0.6) is 0 Å². The lowest BCUT2D eigenvalue weighted by Crippen LogP contribution is -2.39. The van der Waals surface area contributed by atoms with Crippen LogP contribution in [0.25, 0.3) is 0 Å². The van der Waals surface area contributed by atoms with Gasteiger partial charge in [0.1, 0.15) is 5.82 Å². The van der Waals surface area contributed by atoms with E-state index >= 15 is 0 Å². The summed E-state index contributed by atoms with van der Waals surface area (Å²) in [6.07, 6.45) is -7.11. The monoisotopic (exact) mass is 251 g/mol. The quantitative estimate of drug-likeness (QED) is 0.805. The first-order valence-corrected chi connectivity index (χ1v) is 5.05. The van der Waals surface area contributed by atoms with Crippen LogP contribution in [0.2, 0.25) is 0 Å². The Bertz CT molecular complexity index is 367. The highest BCUT2D eigenvalue weighted by molar-refractivity contribution is 5.20. The molecule has 0 fully saturated rings. The minimum absolute atomic E-state index is 0.266. The van der Waals surface area contributed by atoms with E-state index < -0.39 is 30.7 Å². The van der Waals surface area contributed by atoms with E-state index in [4.69, 9.17) is 5.11 Å². The van der Waals surface area contributed by atoms with Crippen LogP contribution in [0, 0.1) is 5.82 Å². The molecule has 0 spiro atoms. The van der Waals surface area contributed by atoms with Crippen molar-refractivity contribution in [2.75, 3.05) is 6.54 Å². The Hall–Kier alpha value is -1.14. The maximum absolute atomic E-state index is 13.3. The zero-order chi connectivity index (χ0) is 13.1. The third-order valence-electron chi connectivity index (χ3n) is 2.37. The molecule has 0 saturated carbocycles. The molecule has 0 radical (unpaired) electrons. The van der Waals surface area contributed by atoms with Crippen molar-refractivity contribution in [1.82, 2.24) is 5.32 Å². The number of nitrogens with one attached hydrogen (secondary N) is 1. The van der Waals surface area contributed by atoms with Crippen molar-refractivity contribution in [3.63, 3.8) is 0 Å². The molecule has 0 aromatic heterocycles. The van der Waals surface area contributed by atoms with Crippen molar-refractivity contribution in [2.24, 2.45) is 0 Å². The maximum Gasteiger partial charge on any atom is 0.415 e. The smallest absolute Gasteiger partial charge is 0.382 e. The van der Waals surface area contributed by atoms with E-state index in [1.165, 1.54) is 25.1 Å². The Labute approximate surface area is 96.3 Å². The minimum atomic E-state index is -4.66. The van der Waals surface area contributed by atoms with Crippen molar-refractivity contribution < 1.29 is 22.7 Å². The molecule has 1 aromatic rings. The van der Waals surface area contributed by atoms with Crippen molar-refractivity contribution in [2.45, 2.75) is 25.2 Å². The van der Waals surface area contributed by atoms with Crippen LogP contribution >= 0.6 is 0 Å². The summed E-state index contributed by atoms with van der Waals surface area (Å²) in [7, 11) is 0. The molecule has 0 aliphatic rings. The van der Waals surface area contributed by atoms with E-state index in [1.807, 2.05) is 0 Å². The zero-order valence-electron chi connectivity index (χ0n) is 9.13. The average molecular weight is 251 g/mol. The predicted octanol–water partition coefficient (Wildman–Crippen LogP) is 2.40. The number of hydrogen-bond donors (Lipinski definition) is 2. The summed E-state index contributed by atoms with van der Waals surface area (Å²) < 4.78 is 49.3. The normalized spacial score (nSPS) is 15.6. The summed E-state index contributed by atoms with van der Waals surface area (Å²) in [5.74, 6) is -0.492. The lowest BCUT2D eigenvalue weighted by molar-refractivity contribution is -0.202. The van der Waals surface area contributed by atoms with Crippen LogP contribution in [-0.2, 0) is 0 Å². The fourth-order valence-corrected chi connectivity index (χ4v) is 1.34. The van der Waals surface area contributed by atoms with Gasteiger partial charge in [-0.1, -0.05) is 18.2 Å². The van der Waals surface area contributed by atoms with Gasteiger partial charge >= 0.3 is 6.18 Å². The van der Waals surface area contributed by atoms with Gasteiger partial charge in [0.25, 0.3) is 0 Å². The number of aliphatic hydroxyl groups excluding tert-OH is 1. The lowest BCUT2D eigenvalue weighted by Gasteiger charge is -2.19. The summed E-state index contributed by atoms with van der Waals surface area (Å²) >= 11 is 0. The molecule has 2 atom stereocenters. The Morgan fingerprint density at radius 1 is 1.29 bits per heavy atom. The second-order valence-electron chi connectivity index (χ2n) is 3.71. The van der Waals surface area contributed by atoms with Gasteiger partial charge in [-0.15, -0.1) is 0 Å². The third kappa shape index (κ3) is 3.98. The minimum Gasteiger partial charge on any atom is -0.382 e. The molecule has 1 rings (SSSR count). The summed E-state index contributed by atoms with van der Waals surface area (Å²) in [5, 5.41) is 11.2. The Morgan fingerprint density at radius 3 is 2.41 bits per heavy atom. The van der Waals surface area contributed by atoms with Crippen LogP contribution in [0.4, 0.5) is 17.6 Å². The molecule has 6 heteroatoms. The molecule has 17 heavy (non-hydrogen) atoms. The second kappa shape index (κ2) is 5.46. The molecular formula is C11H13F4NO. The molecule has 0 bridgehead atoms. The highest BCUT2D eigenvalue weighted by Gasteiger charge is 2.37. The van der Waals surface area contributed by atoms with Crippen LogP contribution < -0.4 is 5.32 Å². The van der Waals surface area contributed by atoms with Gasteiger partial charge in [0.15, 0.2) is 6.10 Å². The zero-order valence-corrected chi connectivity index (χ0v) is 9.13. The molecule has 0 aliphatic heterocycles. The Morgan fingerprint density at radius 2 is 1.88 bits per heavy atom. The maximum atomic E-state index is 13.3. The molecule has 1 unspecified atom stereocenters. The third-order valence-corrected chi connectivity index (χ3v) is 2.37. The van der Waals surface area contributed by atoms with Crippen LogP contribution in [-0.4, -0.2) is 23.9 Å². The fraction of sp³-hybridized carbons (Fsp3) is 0.455. The topological polar surface area (TPSA) is 32.3 Å². The van der Waals surface area contributed by atoms with Gasteiger partial charge in [-0.05, 0) is 13.0 Å². The number of benzene rings is 1.